The Kier molecular flexibility index (Phi) is 4.55. The number of hydrogen-bond donors (Lipinski definition) is 1. The number of aryl methyl sites for hydroxylation is 1. The van der Waals surface area contributed by atoms with Crippen LogP contribution in [0.25, 0.3) is 0 Å². The second-order valence-electron chi connectivity index (χ2n) is 7.64. The van der Waals surface area contributed by atoms with E-state index in [0.29, 0.717) is 18.0 Å². The predicted molar refractivity (Wildman–Crippen MR) is 88.9 cm³/mol. The van der Waals surface area contributed by atoms with Gasteiger partial charge in [-0.05, 0) is 46.0 Å². The smallest absolute Gasteiger partial charge is 0.135 e. The van der Waals surface area contributed by atoms with Crippen molar-refractivity contribution in [3.05, 3.63) is 11.6 Å². The maximum Gasteiger partial charge on any atom is 0.135 e. The molecule has 2 unspecified atom stereocenters. The van der Waals surface area contributed by atoms with Crippen LogP contribution in [0.1, 0.15) is 76.5 Å². The molecule has 2 fully saturated rings. The van der Waals surface area contributed by atoms with Gasteiger partial charge in [0.15, 0.2) is 0 Å². The van der Waals surface area contributed by atoms with E-state index in [1.807, 2.05) is 0 Å². The first-order valence-electron chi connectivity index (χ1n) is 8.90. The Morgan fingerprint density at radius 1 is 1.09 bits per heavy atom. The predicted octanol–water partition coefficient (Wildman–Crippen LogP) is 2.62. The van der Waals surface area contributed by atoms with E-state index in [9.17, 15) is 0 Å². The molecule has 3 atom stereocenters. The van der Waals surface area contributed by atoms with E-state index >= 15 is 0 Å². The third-order valence-corrected chi connectivity index (χ3v) is 5.48. The van der Waals surface area contributed by atoms with Gasteiger partial charge >= 0.3 is 0 Å². The van der Waals surface area contributed by atoms with Crippen molar-refractivity contribution < 1.29 is 0 Å². The zero-order chi connectivity index (χ0) is 15.9. The fourth-order valence-electron chi connectivity index (χ4n) is 4.40. The fourth-order valence-corrected chi connectivity index (χ4v) is 4.40. The van der Waals surface area contributed by atoms with E-state index in [0.717, 1.165) is 36.7 Å². The number of piperidine rings is 1. The normalized spacial score (nSPS) is 30.2. The largest absolute Gasteiger partial charge is 0.328 e. The minimum atomic E-state index is 0.310. The molecule has 0 saturated carbocycles. The lowest BCUT2D eigenvalue weighted by Gasteiger charge is -2.40. The molecule has 124 valence electrons. The first kappa shape index (κ1) is 15.9. The summed E-state index contributed by atoms with van der Waals surface area (Å²) in [7, 11) is 0. The number of rotatable bonds is 5. The van der Waals surface area contributed by atoms with E-state index in [-0.39, 0.29) is 0 Å². The van der Waals surface area contributed by atoms with Gasteiger partial charge in [-0.3, -0.25) is 4.90 Å². The molecule has 5 heteroatoms. The minimum absolute atomic E-state index is 0.310. The highest BCUT2D eigenvalue weighted by Gasteiger charge is 2.41. The van der Waals surface area contributed by atoms with Crippen LogP contribution in [0, 0.1) is 6.92 Å². The fraction of sp³-hybridized carbons (Fsp3) is 0.882. The molecule has 3 heterocycles. The van der Waals surface area contributed by atoms with Crippen LogP contribution in [0.2, 0.25) is 0 Å². The van der Waals surface area contributed by atoms with Crippen molar-refractivity contribution in [1.29, 1.82) is 0 Å². The molecule has 1 aromatic heterocycles. The molecule has 2 bridgehead atoms. The molecular formula is C17H31N5. The van der Waals surface area contributed by atoms with E-state index in [1.165, 1.54) is 25.7 Å². The van der Waals surface area contributed by atoms with Crippen molar-refractivity contribution in [1.82, 2.24) is 19.7 Å². The van der Waals surface area contributed by atoms with Gasteiger partial charge in [0.1, 0.15) is 11.6 Å². The van der Waals surface area contributed by atoms with E-state index in [2.05, 4.69) is 47.4 Å². The van der Waals surface area contributed by atoms with Gasteiger partial charge in [-0.15, -0.1) is 10.2 Å². The summed E-state index contributed by atoms with van der Waals surface area (Å²) in [4.78, 5) is 2.73. The molecule has 5 nitrogen and oxygen atoms in total. The van der Waals surface area contributed by atoms with Crippen LogP contribution < -0.4 is 5.73 Å². The van der Waals surface area contributed by atoms with Crippen LogP contribution in [-0.2, 0) is 0 Å². The van der Waals surface area contributed by atoms with Crippen LogP contribution in [0.3, 0.4) is 0 Å². The first-order valence-corrected chi connectivity index (χ1v) is 8.90. The van der Waals surface area contributed by atoms with Crippen LogP contribution in [0.5, 0.6) is 0 Å². The standard InChI is InChI=1S/C17H31N5/c1-11(2)17-20-19-13(4)22(17)16-9-14-5-6-15(10-16)21(14)8-7-12(3)18/h11-12,14-16H,5-10,18H2,1-4H3/t12-,14?,15?,16?/m1/s1. The Labute approximate surface area is 134 Å². The lowest BCUT2D eigenvalue weighted by atomic mass is 9.95. The summed E-state index contributed by atoms with van der Waals surface area (Å²) in [5.74, 6) is 2.68. The summed E-state index contributed by atoms with van der Waals surface area (Å²) in [6.07, 6.45) is 6.29. The molecule has 2 aliphatic heterocycles. The number of aromatic nitrogens is 3. The van der Waals surface area contributed by atoms with Gasteiger partial charge < -0.3 is 10.3 Å². The van der Waals surface area contributed by atoms with Crippen molar-refractivity contribution in [2.45, 2.75) is 89.9 Å². The molecule has 3 rings (SSSR count). The summed E-state index contributed by atoms with van der Waals surface area (Å²) in [5, 5.41) is 8.77. The summed E-state index contributed by atoms with van der Waals surface area (Å²) < 4.78 is 2.43. The SMILES string of the molecule is Cc1nnc(C(C)C)n1C1CC2CCC(C1)N2CC[C@@H](C)N. The quantitative estimate of drug-likeness (QED) is 0.908. The highest BCUT2D eigenvalue weighted by Crippen LogP contribution is 2.42. The molecule has 1 aromatic rings. The van der Waals surface area contributed by atoms with Crippen LogP contribution in [0.15, 0.2) is 0 Å². The van der Waals surface area contributed by atoms with Gasteiger partial charge in [0.25, 0.3) is 0 Å². The monoisotopic (exact) mass is 305 g/mol. The van der Waals surface area contributed by atoms with Crippen molar-refractivity contribution in [2.75, 3.05) is 6.54 Å². The van der Waals surface area contributed by atoms with Crippen molar-refractivity contribution in [3.8, 4) is 0 Å². The van der Waals surface area contributed by atoms with Crippen LogP contribution in [-0.4, -0.2) is 44.3 Å². The van der Waals surface area contributed by atoms with Crippen LogP contribution in [0.4, 0.5) is 0 Å². The molecule has 0 amide bonds. The van der Waals surface area contributed by atoms with Gasteiger partial charge in [-0.25, -0.2) is 0 Å². The summed E-state index contributed by atoms with van der Waals surface area (Å²) >= 11 is 0. The Hall–Kier alpha value is -0.940. The maximum absolute atomic E-state index is 5.95. The maximum atomic E-state index is 5.95. The van der Waals surface area contributed by atoms with Crippen molar-refractivity contribution in [2.24, 2.45) is 5.73 Å². The molecule has 22 heavy (non-hydrogen) atoms. The first-order chi connectivity index (χ1) is 10.5. The second kappa shape index (κ2) is 6.28. The average Bonchev–Trinajstić information content (AvgIpc) is 2.94. The number of nitrogens with two attached hydrogens (primary N) is 1. The number of hydrogen-bond acceptors (Lipinski definition) is 4. The van der Waals surface area contributed by atoms with E-state index < -0.39 is 0 Å². The van der Waals surface area contributed by atoms with Crippen molar-refractivity contribution >= 4 is 0 Å². The molecule has 0 radical (unpaired) electrons. The number of nitrogens with zero attached hydrogens (tertiary/aromatic N) is 4. The zero-order valence-electron chi connectivity index (χ0n) is 14.5. The third kappa shape index (κ3) is 2.93. The second-order valence-corrected chi connectivity index (χ2v) is 7.64. The molecule has 0 spiro atoms. The lowest BCUT2D eigenvalue weighted by molar-refractivity contribution is 0.102. The highest BCUT2D eigenvalue weighted by atomic mass is 15.3. The molecule has 0 aromatic carbocycles. The van der Waals surface area contributed by atoms with E-state index in [1.54, 1.807) is 0 Å². The van der Waals surface area contributed by atoms with Gasteiger partial charge in [-0.2, -0.15) is 0 Å². The van der Waals surface area contributed by atoms with E-state index in [4.69, 9.17) is 5.73 Å². The van der Waals surface area contributed by atoms with Gasteiger partial charge in [0.05, 0.1) is 0 Å². The Balaban J connectivity index is 1.74. The number of fused-ring (bicyclic) bond motifs is 2. The molecule has 0 aliphatic carbocycles. The minimum Gasteiger partial charge on any atom is -0.328 e. The Bertz CT molecular complexity index is 493. The average molecular weight is 305 g/mol. The summed E-state index contributed by atoms with van der Waals surface area (Å²) in [6, 6.07) is 2.34. The van der Waals surface area contributed by atoms with Crippen LogP contribution >= 0.6 is 0 Å². The highest BCUT2D eigenvalue weighted by molar-refractivity contribution is 5.06. The van der Waals surface area contributed by atoms with Crippen molar-refractivity contribution in [3.63, 3.8) is 0 Å². The third-order valence-electron chi connectivity index (χ3n) is 5.48. The molecule has 2 saturated heterocycles. The zero-order valence-corrected chi connectivity index (χ0v) is 14.5. The van der Waals surface area contributed by atoms with Gasteiger partial charge in [-0.1, -0.05) is 13.8 Å². The van der Waals surface area contributed by atoms with Gasteiger partial charge in [0, 0.05) is 36.6 Å². The summed E-state index contributed by atoms with van der Waals surface area (Å²) in [6.45, 7) is 9.81. The molecule has 2 aliphatic rings. The molecule has 2 N–H and O–H groups in total. The Morgan fingerprint density at radius 2 is 1.73 bits per heavy atom. The lowest BCUT2D eigenvalue weighted by Crippen LogP contribution is -2.45. The molecular weight excluding hydrogens is 274 g/mol. The Morgan fingerprint density at radius 3 is 2.27 bits per heavy atom. The summed E-state index contributed by atoms with van der Waals surface area (Å²) in [5.41, 5.74) is 5.95. The topological polar surface area (TPSA) is 60.0 Å². The van der Waals surface area contributed by atoms with Gasteiger partial charge in [0.2, 0.25) is 0 Å².